The number of hydrogen-bond acceptors (Lipinski definition) is 3. The zero-order valence-electron chi connectivity index (χ0n) is 26.1. The topological polar surface area (TPSA) is 70.6 Å². The van der Waals surface area contributed by atoms with Gasteiger partial charge < -0.3 is 13.6 Å². The minimum Gasteiger partial charge on any atom is -0.456 e. The third-order valence-electron chi connectivity index (χ3n) is 9.77. The molecule has 3 aromatic heterocycles. The van der Waals surface area contributed by atoms with E-state index in [-0.39, 0.29) is 0 Å². The van der Waals surface area contributed by atoms with Crippen molar-refractivity contribution in [2.75, 3.05) is 0 Å². The van der Waals surface area contributed by atoms with Crippen molar-refractivity contribution in [3.8, 4) is 34.6 Å². The van der Waals surface area contributed by atoms with Crippen molar-refractivity contribution in [3.63, 3.8) is 0 Å². The van der Waals surface area contributed by atoms with E-state index in [2.05, 4.69) is 112 Å². The fourth-order valence-electron chi connectivity index (χ4n) is 7.74. The van der Waals surface area contributed by atoms with Crippen LogP contribution in [-0.2, 0) is 0 Å². The number of furan rings is 1. The molecule has 10 rings (SSSR count). The minimum atomic E-state index is 0.422. The van der Waals surface area contributed by atoms with Crippen molar-refractivity contribution >= 4 is 65.6 Å². The van der Waals surface area contributed by atoms with Crippen molar-refractivity contribution in [1.29, 1.82) is 10.5 Å². The normalized spacial score (nSPS) is 11.6. The molecule has 0 saturated carbocycles. The first-order chi connectivity index (χ1) is 24.2. The largest absolute Gasteiger partial charge is 0.456 e. The lowest BCUT2D eigenvalue weighted by Gasteiger charge is -2.20. The molecule has 7 aromatic carbocycles. The minimum absolute atomic E-state index is 0.422. The van der Waals surface area contributed by atoms with E-state index < -0.39 is 0 Å². The third kappa shape index (κ3) is 3.79. The molecule has 0 radical (unpaired) electrons. The summed E-state index contributed by atoms with van der Waals surface area (Å²) in [5.74, 6) is 0. The van der Waals surface area contributed by atoms with Crippen LogP contribution in [0.2, 0.25) is 0 Å². The van der Waals surface area contributed by atoms with Gasteiger partial charge in [0.2, 0.25) is 0 Å². The number of benzene rings is 7. The Labute approximate surface area is 280 Å². The number of para-hydroxylation sites is 5. The summed E-state index contributed by atoms with van der Waals surface area (Å²) in [7, 11) is 0. The van der Waals surface area contributed by atoms with Gasteiger partial charge in [-0.05, 0) is 54.6 Å². The lowest BCUT2D eigenvalue weighted by Crippen LogP contribution is -2.04. The molecule has 0 atom stereocenters. The molecule has 0 aliphatic carbocycles. The highest BCUT2D eigenvalue weighted by Gasteiger charge is 2.24. The van der Waals surface area contributed by atoms with Gasteiger partial charge in [-0.15, -0.1) is 0 Å². The van der Waals surface area contributed by atoms with E-state index in [9.17, 15) is 10.5 Å². The average molecular weight is 625 g/mol. The fourth-order valence-corrected chi connectivity index (χ4v) is 7.74. The number of aromatic nitrogens is 2. The molecule has 226 valence electrons. The Kier molecular flexibility index (Phi) is 5.64. The highest BCUT2D eigenvalue weighted by molar-refractivity contribution is 6.17. The number of hydrogen-bond donors (Lipinski definition) is 0. The monoisotopic (exact) mass is 624 g/mol. The van der Waals surface area contributed by atoms with Crippen LogP contribution < -0.4 is 0 Å². The Morgan fingerprint density at radius 2 is 1.02 bits per heavy atom. The number of rotatable bonds is 3. The first kappa shape index (κ1) is 27.1. The van der Waals surface area contributed by atoms with Gasteiger partial charge >= 0.3 is 0 Å². The van der Waals surface area contributed by atoms with Gasteiger partial charge in [-0.1, -0.05) is 91.0 Å². The first-order valence-electron chi connectivity index (χ1n) is 16.1. The SMILES string of the molecule is N#Cc1cc(C#N)c(-n2c3ccccc3c3cc4oc5ccccc5c4cc32)c(-c2ccccc2-n2c3ccccc3c3ccccc32)c1. The fraction of sp³-hybridized carbons (Fsp3) is 0. The van der Waals surface area contributed by atoms with Crippen LogP contribution in [0.4, 0.5) is 0 Å². The van der Waals surface area contributed by atoms with Gasteiger partial charge in [0, 0.05) is 43.4 Å². The quantitative estimate of drug-likeness (QED) is 0.196. The van der Waals surface area contributed by atoms with Crippen molar-refractivity contribution in [2.24, 2.45) is 0 Å². The first-order valence-corrected chi connectivity index (χ1v) is 16.1. The van der Waals surface area contributed by atoms with Gasteiger partial charge in [0.15, 0.2) is 0 Å². The second kappa shape index (κ2) is 10.2. The van der Waals surface area contributed by atoms with Crippen LogP contribution >= 0.6 is 0 Å². The van der Waals surface area contributed by atoms with Crippen LogP contribution in [0, 0.1) is 22.7 Å². The van der Waals surface area contributed by atoms with E-state index >= 15 is 0 Å². The molecular weight excluding hydrogens is 601 g/mol. The highest BCUT2D eigenvalue weighted by Crippen LogP contribution is 2.43. The van der Waals surface area contributed by atoms with E-state index in [1.165, 1.54) is 0 Å². The summed E-state index contributed by atoms with van der Waals surface area (Å²) in [5, 5.41) is 27.5. The maximum atomic E-state index is 10.8. The molecule has 0 bridgehead atoms. The van der Waals surface area contributed by atoms with Gasteiger partial charge in [-0.3, -0.25) is 0 Å². The molecule has 0 aliphatic heterocycles. The van der Waals surface area contributed by atoms with Gasteiger partial charge in [-0.25, -0.2) is 0 Å². The summed E-state index contributed by atoms with van der Waals surface area (Å²) in [6, 6.07) is 54.2. The van der Waals surface area contributed by atoms with Crippen LogP contribution in [0.25, 0.3) is 88.1 Å². The molecule has 0 fully saturated rings. The zero-order valence-corrected chi connectivity index (χ0v) is 26.1. The van der Waals surface area contributed by atoms with Crippen molar-refractivity contribution < 1.29 is 4.42 Å². The van der Waals surface area contributed by atoms with Crippen molar-refractivity contribution in [2.45, 2.75) is 0 Å². The Bertz CT molecular complexity index is 3030. The molecule has 5 heteroatoms. The highest BCUT2D eigenvalue weighted by atomic mass is 16.3. The summed E-state index contributed by atoms with van der Waals surface area (Å²) < 4.78 is 10.8. The van der Waals surface area contributed by atoms with Gasteiger partial charge in [0.05, 0.1) is 50.6 Å². The maximum absolute atomic E-state index is 10.8. The summed E-state index contributed by atoms with van der Waals surface area (Å²) in [5.41, 5.74) is 9.99. The molecule has 3 heterocycles. The zero-order chi connectivity index (χ0) is 32.6. The van der Waals surface area contributed by atoms with E-state index in [1.807, 2.05) is 48.5 Å². The Hall–Kier alpha value is -7.08. The molecule has 0 amide bonds. The van der Waals surface area contributed by atoms with E-state index in [0.29, 0.717) is 11.1 Å². The molecular formula is C44H24N4O. The molecule has 0 spiro atoms. The second-order valence-corrected chi connectivity index (χ2v) is 12.3. The predicted molar refractivity (Wildman–Crippen MR) is 197 cm³/mol. The molecule has 0 saturated heterocycles. The van der Waals surface area contributed by atoms with Crippen molar-refractivity contribution in [3.05, 3.63) is 157 Å². The Morgan fingerprint density at radius 1 is 0.429 bits per heavy atom. The van der Waals surface area contributed by atoms with E-state index in [4.69, 9.17) is 4.42 Å². The van der Waals surface area contributed by atoms with Gasteiger partial charge in [0.1, 0.15) is 17.2 Å². The third-order valence-corrected chi connectivity index (χ3v) is 9.77. The summed E-state index contributed by atoms with van der Waals surface area (Å²) in [6.45, 7) is 0. The number of fused-ring (bicyclic) bond motifs is 9. The van der Waals surface area contributed by atoms with Crippen molar-refractivity contribution in [1.82, 2.24) is 9.13 Å². The molecule has 10 aromatic rings. The predicted octanol–water partition coefficient (Wildman–Crippen LogP) is 11.2. The van der Waals surface area contributed by atoms with E-state index in [0.717, 1.165) is 88.1 Å². The van der Waals surface area contributed by atoms with Crippen LogP contribution in [0.1, 0.15) is 11.1 Å². The summed E-state index contributed by atoms with van der Waals surface area (Å²) >= 11 is 0. The van der Waals surface area contributed by atoms with Gasteiger partial charge in [-0.2, -0.15) is 10.5 Å². The Balaban J connectivity index is 1.36. The molecule has 0 unspecified atom stereocenters. The number of nitrogens with zero attached hydrogens (tertiary/aromatic N) is 4. The lowest BCUT2D eigenvalue weighted by atomic mass is 9.95. The molecule has 5 nitrogen and oxygen atoms in total. The van der Waals surface area contributed by atoms with Crippen LogP contribution in [0.5, 0.6) is 0 Å². The number of nitriles is 2. The standard InChI is InChI=1S/C44H24N4O/c45-25-27-21-28(26-46)44(48-40-19-9-3-13-31(40)34-24-43-35(23-41(34)48)33-15-5-10-20-42(33)49-43)36(22-27)32-14-4-8-18-39(32)47-37-16-6-1-11-29(37)30-12-2-7-17-38(30)47/h1-24H. The van der Waals surface area contributed by atoms with Gasteiger partial charge in [0.25, 0.3) is 0 Å². The summed E-state index contributed by atoms with van der Waals surface area (Å²) in [4.78, 5) is 0. The molecule has 0 aliphatic rings. The van der Waals surface area contributed by atoms with Crippen LogP contribution in [0.15, 0.2) is 150 Å². The lowest BCUT2D eigenvalue weighted by molar-refractivity contribution is 0.669. The Morgan fingerprint density at radius 3 is 1.71 bits per heavy atom. The van der Waals surface area contributed by atoms with Crippen LogP contribution in [-0.4, -0.2) is 9.13 Å². The second-order valence-electron chi connectivity index (χ2n) is 12.3. The smallest absolute Gasteiger partial charge is 0.136 e. The van der Waals surface area contributed by atoms with Crippen LogP contribution in [0.3, 0.4) is 0 Å². The average Bonchev–Trinajstić information content (AvgIpc) is 3.80. The van der Waals surface area contributed by atoms with E-state index in [1.54, 1.807) is 6.07 Å². The molecule has 0 N–H and O–H groups in total. The maximum Gasteiger partial charge on any atom is 0.136 e. The molecule has 49 heavy (non-hydrogen) atoms. The summed E-state index contributed by atoms with van der Waals surface area (Å²) in [6.07, 6.45) is 0.